The number of aromatic nitrogens is 2. The van der Waals surface area contributed by atoms with Crippen molar-refractivity contribution in [1.82, 2.24) is 20.8 Å². The Hall–Kier alpha value is -3.23. The van der Waals surface area contributed by atoms with Crippen LogP contribution in [0.25, 0.3) is 10.9 Å². The quantitative estimate of drug-likeness (QED) is 0.434. The van der Waals surface area contributed by atoms with Gasteiger partial charge in [0.05, 0.1) is 25.7 Å². The summed E-state index contributed by atoms with van der Waals surface area (Å²) in [5.74, 6) is 1.57. The molecule has 3 rings (SSSR count). The summed E-state index contributed by atoms with van der Waals surface area (Å²) in [6.07, 6.45) is 0. The molecule has 3 aromatic rings. The van der Waals surface area contributed by atoms with Gasteiger partial charge in [0.25, 0.3) is 5.91 Å². The second-order valence-electron chi connectivity index (χ2n) is 5.88. The van der Waals surface area contributed by atoms with Crippen LogP contribution in [0.5, 0.6) is 5.75 Å². The standard InChI is InChI=1S/C19H21N5O3/c1-24(13-7-9-14(27-2)10-8-13)19-15-5-3-4-6-16(15)21-17(22-19)11-20-12-18(25)23-26/h3-10,20,26H,11-12H2,1-2H3,(H,23,25). The Morgan fingerprint density at radius 3 is 2.59 bits per heavy atom. The van der Waals surface area contributed by atoms with E-state index in [2.05, 4.69) is 15.3 Å². The zero-order valence-electron chi connectivity index (χ0n) is 15.1. The van der Waals surface area contributed by atoms with E-state index in [-0.39, 0.29) is 6.54 Å². The van der Waals surface area contributed by atoms with Crippen molar-refractivity contribution in [3.63, 3.8) is 0 Å². The Balaban J connectivity index is 1.93. The third-order valence-corrected chi connectivity index (χ3v) is 4.10. The third-order valence-electron chi connectivity index (χ3n) is 4.10. The number of ether oxygens (including phenoxy) is 1. The van der Waals surface area contributed by atoms with Gasteiger partial charge >= 0.3 is 0 Å². The molecule has 0 unspecified atom stereocenters. The van der Waals surface area contributed by atoms with Gasteiger partial charge in [0.15, 0.2) is 0 Å². The molecule has 1 amide bonds. The Labute approximate surface area is 156 Å². The fourth-order valence-corrected chi connectivity index (χ4v) is 2.70. The minimum atomic E-state index is -0.522. The van der Waals surface area contributed by atoms with Crippen molar-refractivity contribution in [3.05, 3.63) is 54.4 Å². The van der Waals surface area contributed by atoms with Crippen LogP contribution in [-0.4, -0.2) is 41.8 Å². The summed E-state index contributed by atoms with van der Waals surface area (Å²) in [5, 5.41) is 12.4. The lowest BCUT2D eigenvalue weighted by Crippen LogP contribution is -2.31. The zero-order chi connectivity index (χ0) is 19.2. The number of amides is 1. The van der Waals surface area contributed by atoms with E-state index in [1.165, 1.54) is 0 Å². The SMILES string of the molecule is COc1ccc(N(C)c2nc(CNCC(=O)NO)nc3ccccc23)cc1. The number of carbonyl (C=O) groups is 1. The number of hydrogen-bond donors (Lipinski definition) is 3. The van der Waals surface area contributed by atoms with Gasteiger partial charge in [-0.1, -0.05) is 12.1 Å². The molecule has 8 nitrogen and oxygen atoms in total. The fourth-order valence-electron chi connectivity index (χ4n) is 2.70. The number of nitrogens with one attached hydrogen (secondary N) is 2. The van der Waals surface area contributed by atoms with E-state index in [0.717, 1.165) is 28.2 Å². The molecule has 2 aromatic carbocycles. The van der Waals surface area contributed by atoms with Crippen LogP contribution in [0, 0.1) is 0 Å². The molecule has 0 aliphatic carbocycles. The number of hydroxylamine groups is 1. The Morgan fingerprint density at radius 1 is 1.15 bits per heavy atom. The van der Waals surface area contributed by atoms with Crippen LogP contribution < -0.4 is 20.4 Å². The molecule has 0 bridgehead atoms. The van der Waals surface area contributed by atoms with E-state index in [9.17, 15) is 4.79 Å². The highest BCUT2D eigenvalue weighted by molar-refractivity contribution is 5.91. The van der Waals surface area contributed by atoms with Gasteiger partial charge < -0.3 is 15.0 Å². The number of para-hydroxylation sites is 1. The molecule has 0 radical (unpaired) electrons. The van der Waals surface area contributed by atoms with Gasteiger partial charge in [-0.3, -0.25) is 10.0 Å². The van der Waals surface area contributed by atoms with Crippen molar-refractivity contribution in [2.24, 2.45) is 0 Å². The second-order valence-corrected chi connectivity index (χ2v) is 5.88. The lowest BCUT2D eigenvalue weighted by Gasteiger charge is -2.21. The topological polar surface area (TPSA) is 99.6 Å². The van der Waals surface area contributed by atoms with E-state index in [1.54, 1.807) is 12.6 Å². The summed E-state index contributed by atoms with van der Waals surface area (Å²) in [6, 6.07) is 15.5. The highest BCUT2D eigenvalue weighted by atomic mass is 16.5. The maximum Gasteiger partial charge on any atom is 0.257 e. The Bertz CT molecular complexity index is 930. The fraction of sp³-hybridized carbons (Fsp3) is 0.211. The average molecular weight is 367 g/mol. The van der Waals surface area contributed by atoms with Crippen LogP contribution in [0.15, 0.2) is 48.5 Å². The van der Waals surface area contributed by atoms with Crippen molar-refractivity contribution in [3.8, 4) is 5.75 Å². The number of methoxy groups -OCH3 is 1. The van der Waals surface area contributed by atoms with Crippen LogP contribution in [0.3, 0.4) is 0 Å². The monoisotopic (exact) mass is 367 g/mol. The molecule has 0 atom stereocenters. The first-order valence-electron chi connectivity index (χ1n) is 8.39. The summed E-state index contributed by atoms with van der Waals surface area (Å²) in [4.78, 5) is 22.3. The predicted octanol–water partition coefficient (Wildman–Crippen LogP) is 2.00. The molecular weight excluding hydrogens is 346 g/mol. The van der Waals surface area contributed by atoms with Crippen molar-refractivity contribution < 1.29 is 14.7 Å². The second kappa shape index (κ2) is 8.43. The predicted molar refractivity (Wildman–Crippen MR) is 102 cm³/mol. The number of nitrogens with zero attached hydrogens (tertiary/aromatic N) is 3. The van der Waals surface area contributed by atoms with Gasteiger partial charge in [-0.25, -0.2) is 15.4 Å². The van der Waals surface area contributed by atoms with Crippen LogP contribution >= 0.6 is 0 Å². The zero-order valence-corrected chi connectivity index (χ0v) is 15.1. The van der Waals surface area contributed by atoms with Crippen LogP contribution in [0.2, 0.25) is 0 Å². The number of carbonyl (C=O) groups excluding carboxylic acids is 1. The van der Waals surface area contributed by atoms with Crippen LogP contribution in [0.1, 0.15) is 5.82 Å². The third kappa shape index (κ3) is 4.30. The summed E-state index contributed by atoms with van der Waals surface area (Å²) >= 11 is 0. The summed E-state index contributed by atoms with van der Waals surface area (Å²) in [7, 11) is 3.57. The molecule has 0 fully saturated rings. The normalized spacial score (nSPS) is 10.6. The molecule has 140 valence electrons. The lowest BCUT2D eigenvalue weighted by molar-refractivity contribution is -0.128. The number of rotatable bonds is 7. The maximum absolute atomic E-state index is 11.1. The van der Waals surface area contributed by atoms with Gasteiger partial charge in [-0.2, -0.15) is 0 Å². The van der Waals surface area contributed by atoms with E-state index in [4.69, 9.17) is 9.94 Å². The van der Waals surface area contributed by atoms with Crippen molar-refractivity contribution >= 4 is 28.3 Å². The highest BCUT2D eigenvalue weighted by Crippen LogP contribution is 2.29. The lowest BCUT2D eigenvalue weighted by atomic mass is 10.2. The molecule has 0 spiro atoms. The van der Waals surface area contributed by atoms with Crippen LogP contribution in [-0.2, 0) is 11.3 Å². The van der Waals surface area contributed by atoms with Gasteiger partial charge in [-0.15, -0.1) is 0 Å². The minimum Gasteiger partial charge on any atom is -0.497 e. The molecule has 27 heavy (non-hydrogen) atoms. The van der Waals surface area contributed by atoms with E-state index in [1.807, 2.05) is 60.5 Å². The molecule has 0 aliphatic heterocycles. The van der Waals surface area contributed by atoms with Crippen molar-refractivity contribution in [2.45, 2.75) is 6.54 Å². The van der Waals surface area contributed by atoms with E-state index >= 15 is 0 Å². The minimum absolute atomic E-state index is 0.0314. The molecule has 1 aromatic heterocycles. The molecule has 3 N–H and O–H groups in total. The number of anilines is 2. The smallest absolute Gasteiger partial charge is 0.257 e. The van der Waals surface area contributed by atoms with E-state index in [0.29, 0.717) is 12.4 Å². The first-order valence-corrected chi connectivity index (χ1v) is 8.39. The Morgan fingerprint density at radius 2 is 1.89 bits per heavy atom. The molecular formula is C19H21N5O3. The Kier molecular flexibility index (Phi) is 5.80. The number of hydrogen-bond acceptors (Lipinski definition) is 7. The molecule has 0 aliphatic rings. The summed E-state index contributed by atoms with van der Waals surface area (Å²) in [5.41, 5.74) is 3.35. The molecule has 8 heteroatoms. The molecule has 0 saturated heterocycles. The van der Waals surface area contributed by atoms with Crippen molar-refractivity contribution in [2.75, 3.05) is 25.6 Å². The summed E-state index contributed by atoms with van der Waals surface area (Å²) < 4.78 is 5.21. The maximum atomic E-state index is 11.1. The number of benzene rings is 2. The van der Waals surface area contributed by atoms with Gasteiger partial charge in [0, 0.05) is 18.1 Å². The highest BCUT2D eigenvalue weighted by Gasteiger charge is 2.13. The first kappa shape index (κ1) is 18.6. The molecule has 0 saturated carbocycles. The molecule has 1 heterocycles. The average Bonchev–Trinajstić information content (AvgIpc) is 2.72. The van der Waals surface area contributed by atoms with Crippen LogP contribution in [0.4, 0.5) is 11.5 Å². The largest absolute Gasteiger partial charge is 0.497 e. The van der Waals surface area contributed by atoms with Crippen molar-refractivity contribution in [1.29, 1.82) is 0 Å². The first-order chi connectivity index (χ1) is 13.1. The van der Waals surface area contributed by atoms with Gasteiger partial charge in [-0.05, 0) is 36.4 Å². The van der Waals surface area contributed by atoms with Gasteiger partial charge in [0.1, 0.15) is 17.4 Å². The van der Waals surface area contributed by atoms with E-state index < -0.39 is 5.91 Å². The van der Waals surface area contributed by atoms with Gasteiger partial charge in [0.2, 0.25) is 0 Å². The summed E-state index contributed by atoms with van der Waals surface area (Å²) in [6.45, 7) is 0.262. The number of fused-ring (bicyclic) bond motifs is 1.